The summed E-state index contributed by atoms with van der Waals surface area (Å²) in [6.45, 7) is 7.14. The fraction of sp³-hybridized carbons (Fsp3) is 0.143. The van der Waals surface area contributed by atoms with Gasteiger partial charge >= 0.3 is 6.03 Å². The molecule has 3 rings (SSSR count). The van der Waals surface area contributed by atoms with E-state index in [-0.39, 0.29) is 10.6 Å². The maximum atomic E-state index is 12.9. The largest absolute Gasteiger partial charge is 0.331 e. The first kappa shape index (κ1) is 28.2. The number of amides is 2. The fourth-order valence-electron chi connectivity index (χ4n) is 3.55. The molecule has 0 heterocycles. The summed E-state index contributed by atoms with van der Waals surface area (Å²) in [5.41, 5.74) is 3.82. The first-order valence-corrected chi connectivity index (χ1v) is 13.7. The zero-order valence-electron chi connectivity index (χ0n) is 20.4. The second-order valence-electron chi connectivity index (χ2n) is 8.32. The number of sulfone groups is 1. The molecule has 0 saturated heterocycles. The van der Waals surface area contributed by atoms with Gasteiger partial charge in [-0.1, -0.05) is 65.7 Å². The van der Waals surface area contributed by atoms with Crippen LogP contribution in [0, 0.1) is 0 Å². The molecule has 2 N–H and O–H groups in total. The first-order chi connectivity index (χ1) is 17.6. The lowest BCUT2D eigenvalue weighted by molar-refractivity contribution is 0.249. The summed E-state index contributed by atoms with van der Waals surface area (Å²) in [5.74, 6) is -0.137. The highest BCUT2D eigenvalue weighted by Crippen LogP contribution is 2.30. The van der Waals surface area contributed by atoms with E-state index in [4.69, 9.17) is 23.2 Å². The monoisotopic (exact) mass is 555 g/mol. The van der Waals surface area contributed by atoms with Crippen molar-refractivity contribution in [1.82, 2.24) is 5.32 Å². The summed E-state index contributed by atoms with van der Waals surface area (Å²) >= 11 is 12.3. The Bertz CT molecular complexity index is 1430. The smallest absolute Gasteiger partial charge is 0.319 e. The van der Waals surface area contributed by atoms with Crippen molar-refractivity contribution in [3.8, 4) is 0 Å². The molecule has 0 bridgehead atoms. The second-order valence-corrected chi connectivity index (χ2v) is 11.1. The normalized spacial score (nSPS) is 12.8. The van der Waals surface area contributed by atoms with Gasteiger partial charge in [-0.2, -0.15) is 0 Å². The van der Waals surface area contributed by atoms with E-state index in [1.807, 2.05) is 25.1 Å². The molecule has 3 aromatic carbocycles. The SMILES string of the molecule is C=N/C=C\C=C(/C)c1ccc(CS(=O)(=O)c2ccc(NC(=O)N[C@@H](C)c3cccc(Cl)c3Cl)cc2)cc1. The number of hydrogen-bond acceptors (Lipinski definition) is 4. The second kappa shape index (κ2) is 12.7. The van der Waals surface area contributed by atoms with Gasteiger partial charge in [0.1, 0.15) is 0 Å². The predicted molar refractivity (Wildman–Crippen MR) is 153 cm³/mol. The lowest BCUT2D eigenvalue weighted by Crippen LogP contribution is -2.31. The lowest BCUT2D eigenvalue weighted by Gasteiger charge is -2.17. The number of halogens is 2. The van der Waals surface area contributed by atoms with Crippen molar-refractivity contribution in [2.75, 3.05) is 5.32 Å². The van der Waals surface area contributed by atoms with Crippen LogP contribution in [0.2, 0.25) is 10.0 Å². The summed E-state index contributed by atoms with van der Waals surface area (Å²) in [7, 11) is -3.57. The van der Waals surface area contributed by atoms with Crippen molar-refractivity contribution in [3.05, 3.63) is 112 Å². The zero-order chi connectivity index (χ0) is 27.0. The predicted octanol–water partition coefficient (Wildman–Crippen LogP) is 7.47. The molecule has 0 aliphatic carbocycles. The molecule has 0 saturated carbocycles. The van der Waals surface area contributed by atoms with Crippen LogP contribution >= 0.6 is 23.2 Å². The average Bonchev–Trinajstić information content (AvgIpc) is 2.86. The summed E-state index contributed by atoms with van der Waals surface area (Å²) in [6, 6.07) is 17.8. The number of urea groups is 1. The van der Waals surface area contributed by atoms with E-state index < -0.39 is 21.9 Å². The van der Waals surface area contributed by atoms with Crippen molar-refractivity contribution in [2.24, 2.45) is 4.99 Å². The number of rotatable bonds is 9. The third-order valence-electron chi connectivity index (χ3n) is 5.57. The van der Waals surface area contributed by atoms with Gasteiger partial charge in [0.15, 0.2) is 9.84 Å². The van der Waals surface area contributed by atoms with Gasteiger partial charge in [0.05, 0.1) is 26.7 Å². The van der Waals surface area contributed by atoms with Gasteiger partial charge in [-0.3, -0.25) is 4.99 Å². The average molecular weight is 557 g/mol. The topological polar surface area (TPSA) is 87.6 Å². The molecule has 2 amide bonds. The van der Waals surface area contributed by atoms with E-state index in [1.54, 1.807) is 61.7 Å². The number of anilines is 1. The maximum Gasteiger partial charge on any atom is 0.319 e. The Balaban J connectivity index is 1.62. The van der Waals surface area contributed by atoms with Crippen LogP contribution in [0.15, 0.2) is 95.0 Å². The van der Waals surface area contributed by atoms with Gasteiger partial charge in [0.2, 0.25) is 0 Å². The third kappa shape index (κ3) is 7.79. The van der Waals surface area contributed by atoms with E-state index in [0.717, 1.165) is 11.1 Å². The van der Waals surface area contributed by atoms with Gasteiger partial charge in [-0.25, -0.2) is 13.2 Å². The number of hydrogen-bond donors (Lipinski definition) is 2. The van der Waals surface area contributed by atoms with E-state index >= 15 is 0 Å². The van der Waals surface area contributed by atoms with Gasteiger partial charge in [-0.05, 0) is 79.2 Å². The molecular weight excluding hydrogens is 529 g/mol. The minimum absolute atomic E-state index is 0.137. The van der Waals surface area contributed by atoms with Crippen molar-refractivity contribution >= 4 is 57.0 Å². The minimum atomic E-state index is -3.57. The molecule has 0 aromatic heterocycles. The Morgan fingerprint density at radius 1 is 1.05 bits per heavy atom. The first-order valence-electron chi connectivity index (χ1n) is 11.3. The van der Waals surface area contributed by atoms with Crippen molar-refractivity contribution in [3.63, 3.8) is 0 Å². The number of allylic oxidation sites excluding steroid dienone is 3. The molecule has 9 heteroatoms. The number of benzene rings is 3. The number of nitrogens with one attached hydrogen (secondary N) is 2. The highest BCUT2D eigenvalue weighted by molar-refractivity contribution is 7.90. The van der Waals surface area contributed by atoms with Crippen LogP contribution in [-0.2, 0) is 15.6 Å². The van der Waals surface area contributed by atoms with Gasteiger partial charge in [0, 0.05) is 11.9 Å². The van der Waals surface area contributed by atoms with Crippen LogP contribution in [0.5, 0.6) is 0 Å². The number of carbonyl (C=O) groups is 1. The molecule has 0 spiro atoms. The van der Waals surface area contributed by atoms with E-state index in [2.05, 4.69) is 22.3 Å². The molecule has 0 aliphatic rings. The molecule has 6 nitrogen and oxygen atoms in total. The number of aliphatic imine (C=N–C) groups is 1. The van der Waals surface area contributed by atoms with Crippen LogP contribution in [0.3, 0.4) is 0 Å². The Hall–Kier alpha value is -3.39. The van der Waals surface area contributed by atoms with Crippen molar-refractivity contribution < 1.29 is 13.2 Å². The van der Waals surface area contributed by atoms with Crippen LogP contribution in [0.25, 0.3) is 5.57 Å². The van der Waals surface area contributed by atoms with Crippen molar-refractivity contribution in [2.45, 2.75) is 30.5 Å². The Labute approximate surface area is 227 Å². The molecule has 1 atom stereocenters. The number of carbonyl (C=O) groups excluding carboxylic acids is 1. The number of nitrogens with zero attached hydrogens (tertiary/aromatic N) is 1. The Kier molecular flexibility index (Phi) is 9.69. The fourth-order valence-corrected chi connectivity index (χ4v) is 5.37. The van der Waals surface area contributed by atoms with Gasteiger partial charge < -0.3 is 10.6 Å². The molecule has 0 fully saturated rings. The van der Waals surface area contributed by atoms with E-state index in [1.165, 1.54) is 12.1 Å². The summed E-state index contributed by atoms with van der Waals surface area (Å²) < 4.78 is 25.9. The minimum Gasteiger partial charge on any atom is -0.331 e. The lowest BCUT2D eigenvalue weighted by atomic mass is 10.1. The molecule has 0 unspecified atom stereocenters. The highest BCUT2D eigenvalue weighted by Gasteiger charge is 2.17. The van der Waals surface area contributed by atoms with E-state index in [9.17, 15) is 13.2 Å². The quantitative estimate of drug-likeness (QED) is 0.212. The third-order valence-corrected chi connectivity index (χ3v) is 8.11. The Morgan fingerprint density at radius 3 is 2.38 bits per heavy atom. The van der Waals surface area contributed by atoms with Crippen LogP contribution in [0.4, 0.5) is 10.5 Å². The van der Waals surface area contributed by atoms with Crippen LogP contribution in [-0.4, -0.2) is 21.2 Å². The molecule has 3 aromatic rings. The van der Waals surface area contributed by atoms with Crippen molar-refractivity contribution in [1.29, 1.82) is 0 Å². The maximum absolute atomic E-state index is 12.9. The summed E-state index contributed by atoms with van der Waals surface area (Å²) in [6.07, 6.45) is 5.29. The van der Waals surface area contributed by atoms with Gasteiger partial charge in [0.25, 0.3) is 0 Å². The highest BCUT2D eigenvalue weighted by atomic mass is 35.5. The zero-order valence-corrected chi connectivity index (χ0v) is 22.7. The molecule has 192 valence electrons. The summed E-state index contributed by atoms with van der Waals surface area (Å²) in [4.78, 5) is 16.3. The molecular formula is C28H27Cl2N3O3S. The molecule has 0 radical (unpaired) electrons. The summed E-state index contributed by atoms with van der Waals surface area (Å²) in [5, 5.41) is 6.28. The van der Waals surface area contributed by atoms with Crippen LogP contribution < -0.4 is 10.6 Å². The van der Waals surface area contributed by atoms with Crippen LogP contribution in [0.1, 0.15) is 36.6 Å². The Morgan fingerprint density at radius 2 is 1.73 bits per heavy atom. The van der Waals surface area contributed by atoms with Gasteiger partial charge in [-0.15, -0.1) is 0 Å². The van der Waals surface area contributed by atoms with E-state index in [0.29, 0.717) is 26.9 Å². The molecule has 0 aliphatic heterocycles. The molecule has 37 heavy (non-hydrogen) atoms. The standard InChI is InChI=1S/C28H27Cl2N3O3S/c1-19(6-5-17-31-3)22-11-9-21(10-12-22)18-37(35,36)24-15-13-23(14-16-24)33-28(34)32-20(2)25-7-4-8-26(29)27(25)30/h4-17,20H,3,18H2,1-2H3,(H2,32,33,34)/b17-5-,19-6+/t20-/m0/s1.